The Morgan fingerprint density at radius 1 is 1.18 bits per heavy atom. The summed E-state index contributed by atoms with van der Waals surface area (Å²) >= 11 is 0. The second-order valence-electron chi connectivity index (χ2n) is 3.10. The van der Waals surface area contributed by atoms with Crippen LogP contribution in [0.4, 0.5) is 13.2 Å². The highest BCUT2D eigenvalue weighted by Gasteiger charge is 2.34. The van der Waals surface area contributed by atoms with E-state index in [2.05, 4.69) is 16.1 Å². The summed E-state index contributed by atoms with van der Waals surface area (Å²) in [5.41, 5.74) is -1.03. The van der Waals surface area contributed by atoms with Gasteiger partial charge in [0.2, 0.25) is 5.89 Å². The van der Waals surface area contributed by atoms with Crippen molar-refractivity contribution in [2.75, 3.05) is 0 Å². The molecule has 0 aliphatic heterocycles. The van der Waals surface area contributed by atoms with Gasteiger partial charge in [-0.1, -0.05) is 17.2 Å². The van der Waals surface area contributed by atoms with Crippen molar-refractivity contribution < 1.29 is 17.6 Å². The molecule has 0 saturated heterocycles. The summed E-state index contributed by atoms with van der Waals surface area (Å²) in [6, 6.07) is 4.92. The van der Waals surface area contributed by atoms with Gasteiger partial charge in [-0.2, -0.15) is 13.2 Å². The van der Waals surface area contributed by atoms with Gasteiger partial charge in [-0.05, 0) is 18.1 Å². The normalized spacial score (nSPS) is 11.2. The molecule has 2 rings (SSSR count). The summed E-state index contributed by atoms with van der Waals surface area (Å²) in [6.45, 7) is 0. The molecule has 0 amide bonds. The van der Waals surface area contributed by atoms with Crippen LogP contribution in [0.25, 0.3) is 11.5 Å². The van der Waals surface area contributed by atoms with E-state index in [1.807, 2.05) is 0 Å². The molecule has 0 unspecified atom stereocenters. The molecule has 1 aromatic heterocycles. The number of alkyl halides is 3. The van der Waals surface area contributed by atoms with Crippen LogP contribution in [0.15, 0.2) is 28.7 Å². The van der Waals surface area contributed by atoms with Crippen molar-refractivity contribution in [1.82, 2.24) is 10.2 Å². The van der Waals surface area contributed by atoms with E-state index < -0.39 is 11.7 Å². The lowest BCUT2D eigenvalue weighted by Crippen LogP contribution is -2.06. The lowest BCUT2D eigenvalue weighted by molar-refractivity contribution is -0.137. The van der Waals surface area contributed by atoms with Crippen LogP contribution in [0, 0.1) is 12.3 Å². The first-order chi connectivity index (χ1) is 8.02. The van der Waals surface area contributed by atoms with Crippen LogP contribution >= 0.6 is 0 Å². The van der Waals surface area contributed by atoms with Crippen molar-refractivity contribution in [3.63, 3.8) is 0 Å². The largest absolute Gasteiger partial charge is 0.417 e. The molecule has 2 aromatic rings. The SMILES string of the molecule is C#Cc1nnc(-c2ccccc2C(F)(F)F)o1. The topological polar surface area (TPSA) is 38.9 Å². The van der Waals surface area contributed by atoms with Gasteiger partial charge in [-0.25, -0.2) is 0 Å². The number of nitrogens with zero attached hydrogens (tertiary/aromatic N) is 2. The maximum Gasteiger partial charge on any atom is 0.417 e. The van der Waals surface area contributed by atoms with E-state index in [0.717, 1.165) is 6.07 Å². The Bertz CT molecular complexity index is 581. The van der Waals surface area contributed by atoms with Gasteiger partial charge in [0.1, 0.15) is 0 Å². The summed E-state index contributed by atoms with van der Waals surface area (Å²) < 4.78 is 43.0. The monoisotopic (exact) mass is 238 g/mol. The first-order valence-corrected chi connectivity index (χ1v) is 4.49. The predicted octanol–water partition coefficient (Wildman–Crippen LogP) is 2.74. The first-order valence-electron chi connectivity index (χ1n) is 4.49. The highest BCUT2D eigenvalue weighted by molar-refractivity contribution is 5.59. The number of terminal acetylenes is 1. The standard InChI is InChI=1S/C11H5F3N2O/c1-2-9-15-16-10(17-9)7-5-3-4-6-8(7)11(12,13)14/h1,3-6H. The van der Waals surface area contributed by atoms with Gasteiger partial charge in [-0.15, -0.1) is 11.5 Å². The Kier molecular flexibility index (Phi) is 2.60. The number of benzene rings is 1. The van der Waals surface area contributed by atoms with Crippen LogP contribution in [0.3, 0.4) is 0 Å². The fourth-order valence-electron chi connectivity index (χ4n) is 1.31. The highest BCUT2D eigenvalue weighted by Crippen LogP contribution is 2.36. The molecule has 1 aromatic carbocycles. The quantitative estimate of drug-likeness (QED) is 0.717. The third kappa shape index (κ3) is 2.13. The molecule has 1 heterocycles. The first kappa shape index (κ1) is 11.2. The molecular weight excluding hydrogens is 233 g/mol. The van der Waals surface area contributed by atoms with Gasteiger partial charge in [0.25, 0.3) is 5.89 Å². The summed E-state index contributed by atoms with van der Waals surface area (Å²) in [5.74, 6) is 1.65. The highest BCUT2D eigenvalue weighted by atomic mass is 19.4. The zero-order valence-corrected chi connectivity index (χ0v) is 8.32. The number of hydrogen-bond acceptors (Lipinski definition) is 3. The van der Waals surface area contributed by atoms with Gasteiger partial charge in [-0.3, -0.25) is 0 Å². The minimum atomic E-state index is -4.48. The van der Waals surface area contributed by atoms with Crippen molar-refractivity contribution >= 4 is 0 Å². The molecule has 86 valence electrons. The molecule has 0 N–H and O–H groups in total. The van der Waals surface area contributed by atoms with Gasteiger partial charge in [0.05, 0.1) is 11.1 Å². The number of rotatable bonds is 1. The molecular formula is C11H5F3N2O. The predicted molar refractivity (Wildman–Crippen MR) is 52.7 cm³/mol. The second-order valence-corrected chi connectivity index (χ2v) is 3.10. The molecule has 17 heavy (non-hydrogen) atoms. The molecule has 0 saturated carbocycles. The number of hydrogen-bond donors (Lipinski definition) is 0. The van der Waals surface area contributed by atoms with Gasteiger partial charge < -0.3 is 4.42 Å². The minimum absolute atomic E-state index is 0.156. The third-order valence-corrected chi connectivity index (χ3v) is 2.01. The lowest BCUT2D eigenvalue weighted by Gasteiger charge is -2.09. The average Bonchev–Trinajstić information content (AvgIpc) is 2.76. The molecule has 3 nitrogen and oxygen atoms in total. The van der Waals surface area contributed by atoms with E-state index in [4.69, 9.17) is 10.8 Å². The summed E-state index contributed by atoms with van der Waals surface area (Å²) in [4.78, 5) is 0. The Balaban J connectivity index is 2.56. The maximum atomic E-state index is 12.7. The zero-order chi connectivity index (χ0) is 12.5. The van der Waals surface area contributed by atoms with Crippen molar-refractivity contribution in [3.05, 3.63) is 35.7 Å². The van der Waals surface area contributed by atoms with Crippen LogP contribution < -0.4 is 0 Å². The van der Waals surface area contributed by atoms with Crippen LogP contribution in [-0.4, -0.2) is 10.2 Å². The van der Waals surface area contributed by atoms with Crippen LogP contribution in [0.1, 0.15) is 11.5 Å². The van der Waals surface area contributed by atoms with E-state index in [0.29, 0.717) is 0 Å². The van der Waals surface area contributed by atoms with E-state index in [-0.39, 0.29) is 17.3 Å². The molecule has 0 bridgehead atoms. The average molecular weight is 238 g/mol. The lowest BCUT2D eigenvalue weighted by atomic mass is 10.1. The van der Waals surface area contributed by atoms with E-state index in [1.165, 1.54) is 18.2 Å². The number of halogens is 3. The van der Waals surface area contributed by atoms with E-state index in [1.54, 1.807) is 0 Å². The van der Waals surface area contributed by atoms with Crippen molar-refractivity contribution in [2.45, 2.75) is 6.18 Å². The van der Waals surface area contributed by atoms with Crippen molar-refractivity contribution in [2.24, 2.45) is 0 Å². The molecule has 0 radical (unpaired) electrons. The van der Waals surface area contributed by atoms with Gasteiger partial charge in [0.15, 0.2) is 0 Å². The molecule has 0 spiro atoms. The maximum absolute atomic E-state index is 12.7. The molecule has 0 fully saturated rings. The number of aromatic nitrogens is 2. The Labute approximate surface area is 94.3 Å². The van der Waals surface area contributed by atoms with Crippen LogP contribution in [0.5, 0.6) is 0 Å². The van der Waals surface area contributed by atoms with E-state index >= 15 is 0 Å². The fraction of sp³-hybridized carbons (Fsp3) is 0.0909. The summed E-state index contributed by atoms with van der Waals surface area (Å²) in [7, 11) is 0. The van der Waals surface area contributed by atoms with Crippen LogP contribution in [0.2, 0.25) is 0 Å². The third-order valence-electron chi connectivity index (χ3n) is 2.01. The Morgan fingerprint density at radius 2 is 1.88 bits per heavy atom. The minimum Gasteiger partial charge on any atom is -0.410 e. The van der Waals surface area contributed by atoms with Crippen molar-refractivity contribution in [1.29, 1.82) is 0 Å². The fourth-order valence-corrected chi connectivity index (χ4v) is 1.31. The summed E-state index contributed by atoms with van der Waals surface area (Å²) in [6.07, 6.45) is 0.512. The Hall–Kier alpha value is -2.29. The smallest absolute Gasteiger partial charge is 0.410 e. The zero-order valence-electron chi connectivity index (χ0n) is 8.32. The van der Waals surface area contributed by atoms with Crippen LogP contribution in [-0.2, 0) is 6.18 Å². The Morgan fingerprint density at radius 3 is 2.47 bits per heavy atom. The van der Waals surface area contributed by atoms with E-state index in [9.17, 15) is 13.2 Å². The van der Waals surface area contributed by atoms with Crippen molar-refractivity contribution in [3.8, 4) is 23.8 Å². The molecule has 0 aliphatic rings. The van der Waals surface area contributed by atoms with Gasteiger partial charge in [0, 0.05) is 0 Å². The molecule has 0 aliphatic carbocycles. The molecule has 0 atom stereocenters. The van der Waals surface area contributed by atoms with Gasteiger partial charge >= 0.3 is 6.18 Å². The second kappa shape index (κ2) is 3.94. The molecule has 6 heteroatoms. The summed E-state index contributed by atoms with van der Waals surface area (Å²) in [5, 5.41) is 6.89.